The molecule has 0 saturated heterocycles. The average Bonchev–Trinajstić information content (AvgIpc) is 3.05. The number of rotatable bonds is 35. The Hall–Kier alpha value is -1.78. The molecule has 3 atom stereocenters. The van der Waals surface area contributed by atoms with E-state index >= 15 is 0 Å². The van der Waals surface area contributed by atoms with E-state index in [2.05, 4.69) is 28.9 Å². The van der Waals surface area contributed by atoms with Gasteiger partial charge in [0.25, 0.3) is 0 Å². The van der Waals surface area contributed by atoms with Crippen LogP contribution in [-0.2, 0) is 32.7 Å². The van der Waals surface area contributed by atoms with Crippen molar-refractivity contribution in [3.63, 3.8) is 0 Å². The Balaban J connectivity index is 3.74. The molecule has 0 radical (unpaired) electrons. The highest BCUT2D eigenvalue weighted by Crippen LogP contribution is 2.43. The number of carbonyl (C=O) groups excluding carboxylic acids is 2. The van der Waals surface area contributed by atoms with Crippen LogP contribution in [0.1, 0.15) is 168 Å². The largest absolute Gasteiger partial charge is 0.480 e. The lowest BCUT2D eigenvalue weighted by molar-refractivity contribution is -0.147. The topological polar surface area (TPSA) is 169 Å². The normalized spacial score (nSPS) is 14.1. The first kappa shape index (κ1) is 46.2. The molecule has 282 valence electrons. The number of carboxylic acid groups (broad SMARTS) is 1. The molecule has 0 spiro atoms. The fourth-order valence-corrected chi connectivity index (χ4v) is 5.88. The van der Waals surface area contributed by atoms with Gasteiger partial charge >= 0.3 is 19.8 Å². The first-order chi connectivity index (χ1) is 23.1. The summed E-state index contributed by atoms with van der Waals surface area (Å²) in [6.45, 7) is 2.15. The van der Waals surface area contributed by atoms with Crippen LogP contribution in [0.5, 0.6) is 0 Å². The number of nitrogens with one attached hydrogen (secondary N) is 1. The molecule has 0 aliphatic heterocycles. The van der Waals surface area contributed by atoms with E-state index < -0.39 is 57.6 Å². The summed E-state index contributed by atoms with van der Waals surface area (Å²) in [5.41, 5.74) is 0. The van der Waals surface area contributed by atoms with Crippen LogP contribution >= 0.6 is 7.82 Å². The molecule has 48 heavy (non-hydrogen) atoms. The summed E-state index contributed by atoms with van der Waals surface area (Å²) in [5.74, 6) is -2.42. The smallest absolute Gasteiger partial charge is 0.472 e. The summed E-state index contributed by atoms with van der Waals surface area (Å²) in [6.07, 6.45) is 30.1. The third-order valence-electron chi connectivity index (χ3n) is 8.02. The van der Waals surface area contributed by atoms with Crippen molar-refractivity contribution in [2.75, 3.05) is 19.8 Å². The Morgan fingerprint density at radius 2 is 1.10 bits per heavy atom. The maximum atomic E-state index is 12.2. The number of esters is 1. The summed E-state index contributed by atoms with van der Waals surface area (Å²) in [4.78, 5) is 44.8. The number of amides is 1. The van der Waals surface area contributed by atoms with Crippen molar-refractivity contribution in [2.45, 2.75) is 180 Å². The third-order valence-corrected chi connectivity index (χ3v) is 8.97. The van der Waals surface area contributed by atoms with Crippen LogP contribution in [0.25, 0.3) is 0 Å². The second-order valence-corrected chi connectivity index (χ2v) is 14.2. The summed E-state index contributed by atoms with van der Waals surface area (Å²) in [5, 5.41) is 21.4. The predicted molar refractivity (Wildman–Crippen MR) is 190 cm³/mol. The van der Waals surface area contributed by atoms with Gasteiger partial charge in [0.2, 0.25) is 5.91 Å². The molecule has 0 saturated carbocycles. The Kier molecular flexibility index (Phi) is 31.2. The van der Waals surface area contributed by atoms with Crippen molar-refractivity contribution < 1.29 is 47.8 Å². The van der Waals surface area contributed by atoms with Crippen molar-refractivity contribution in [3.05, 3.63) is 12.2 Å². The van der Waals surface area contributed by atoms with E-state index in [0.717, 1.165) is 19.3 Å². The first-order valence-corrected chi connectivity index (χ1v) is 20.2. The molecule has 0 fully saturated rings. The molecule has 4 N–H and O–H groups in total. The molecule has 0 bridgehead atoms. The van der Waals surface area contributed by atoms with Gasteiger partial charge in [0, 0.05) is 12.8 Å². The Bertz CT molecular complexity index is 885. The Morgan fingerprint density at radius 1 is 0.646 bits per heavy atom. The SMILES string of the molecule is CCCCCCCC/C=C/CCCCCCCCCCCCCCCC(=O)NC(COP(=O)(O)OCC(O)COC(=O)CCC)C(=O)O. The summed E-state index contributed by atoms with van der Waals surface area (Å²) >= 11 is 0. The maximum absolute atomic E-state index is 12.2. The van der Waals surface area contributed by atoms with E-state index in [4.69, 9.17) is 9.26 Å². The number of aliphatic carboxylic acids is 1. The van der Waals surface area contributed by atoms with Gasteiger partial charge < -0.3 is 25.2 Å². The lowest BCUT2D eigenvalue weighted by atomic mass is 10.0. The van der Waals surface area contributed by atoms with E-state index in [1.807, 2.05) is 0 Å². The second kappa shape index (κ2) is 32.4. The lowest BCUT2D eigenvalue weighted by Gasteiger charge is -2.18. The number of phosphoric ester groups is 1. The monoisotopic (exact) mass is 705 g/mol. The number of allylic oxidation sites excluding steroid dienone is 2. The predicted octanol–water partition coefficient (Wildman–Crippen LogP) is 8.55. The van der Waals surface area contributed by atoms with E-state index in [1.54, 1.807) is 6.92 Å². The Labute approximate surface area is 290 Å². The van der Waals surface area contributed by atoms with Gasteiger partial charge in [0.1, 0.15) is 12.7 Å². The zero-order chi connectivity index (χ0) is 35.7. The zero-order valence-corrected chi connectivity index (χ0v) is 30.9. The summed E-state index contributed by atoms with van der Waals surface area (Å²) in [7, 11) is -4.72. The molecule has 0 aliphatic rings. The molecule has 0 aromatic rings. The lowest BCUT2D eigenvalue weighted by Crippen LogP contribution is -2.43. The molecule has 0 aliphatic carbocycles. The van der Waals surface area contributed by atoms with Gasteiger partial charge in [-0.2, -0.15) is 0 Å². The minimum absolute atomic E-state index is 0.148. The number of ether oxygens (including phenoxy) is 1. The zero-order valence-electron chi connectivity index (χ0n) is 30.0. The highest BCUT2D eigenvalue weighted by Gasteiger charge is 2.28. The van der Waals surface area contributed by atoms with E-state index in [0.29, 0.717) is 12.8 Å². The highest BCUT2D eigenvalue weighted by atomic mass is 31.2. The number of aliphatic hydroxyl groups excluding tert-OH is 1. The molecule has 11 nitrogen and oxygen atoms in total. The van der Waals surface area contributed by atoms with Gasteiger partial charge in [-0.1, -0.05) is 129 Å². The average molecular weight is 706 g/mol. The maximum Gasteiger partial charge on any atom is 0.472 e. The van der Waals surface area contributed by atoms with Gasteiger partial charge in [-0.25, -0.2) is 9.36 Å². The number of aliphatic hydroxyl groups is 1. The molecule has 12 heteroatoms. The number of unbranched alkanes of at least 4 members (excludes halogenated alkanes) is 19. The van der Waals surface area contributed by atoms with Crippen LogP contribution in [0.3, 0.4) is 0 Å². The molecule has 3 unspecified atom stereocenters. The minimum atomic E-state index is -4.72. The fraction of sp³-hybridized carbons (Fsp3) is 0.861. The van der Waals surface area contributed by atoms with Gasteiger partial charge in [-0.15, -0.1) is 0 Å². The number of phosphoric acid groups is 1. The molecular weight excluding hydrogens is 637 g/mol. The molecular formula is C36H68NO10P. The van der Waals surface area contributed by atoms with Crippen LogP contribution in [0.2, 0.25) is 0 Å². The Morgan fingerprint density at radius 3 is 1.58 bits per heavy atom. The van der Waals surface area contributed by atoms with Gasteiger partial charge in [0.05, 0.1) is 13.2 Å². The van der Waals surface area contributed by atoms with E-state index in [-0.39, 0.29) is 12.8 Å². The van der Waals surface area contributed by atoms with Crippen LogP contribution in [0, 0.1) is 0 Å². The van der Waals surface area contributed by atoms with Crippen LogP contribution < -0.4 is 5.32 Å². The van der Waals surface area contributed by atoms with E-state index in [1.165, 1.54) is 109 Å². The van der Waals surface area contributed by atoms with Gasteiger partial charge in [-0.3, -0.25) is 18.6 Å². The molecule has 0 heterocycles. The molecule has 0 aromatic heterocycles. The number of carbonyl (C=O) groups is 3. The van der Waals surface area contributed by atoms with Crippen molar-refractivity contribution in [1.29, 1.82) is 0 Å². The number of carboxylic acids is 1. The van der Waals surface area contributed by atoms with Gasteiger partial charge in [-0.05, 0) is 38.5 Å². The third kappa shape index (κ3) is 31.5. The highest BCUT2D eigenvalue weighted by molar-refractivity contribution is 7.47. The van der Waals surface area contributed by atoms with Crippen molar-refractivity contribution >= 4 is 25.7 Å². The molecule has 0 aromatic carbocycles. The number of hydrogen-bond acceptors (Lipinski definition) is 8. The van der Waals surface area contributed by atoms with Crippen molar-refractivity contribution in [2.24, 2.45) is 0 Å². The van der Waals surface area contributed by atoms with Crippen molar-refractivity contribution in [1.82, 2.24) is 5.32 Å². The van der Waals surface area contributed by atoms with E-state index in [9.17, 15) is 34.1 Å². The fourth-order valence-electron chi connectivity index (χ4n) is 5.11. The number of hydrogen-bond donors (Lipinski definition) is 4. The van der Waals surface area contributed by atoms with Crippen LogP contribution in [0.4, 0.5) is 0 Å². The first-order valence-electron chi connectivity index (χ1n) is 18.7. The summed E-state index contributed by atoms with van der Waals surface area (Å²) < 4.78 is 26.2. The van der Waals surface area contributed by atoms with Crippen LogP contribution in [-0.4, -0.2) is 64.9 Å². The van der Waals surface area contributed by atoms with Gasteiger partial charge in [0.15, 0.2) is 6.04 Å². The standard InChI is InChI=1S/C36H68NO10P/c1-3-5-6-7-8-9-10-11-12-13-14-15-16-17-18-19-20-21-22-23-24-25-26-28-34(39)37-33(36(41)42)31-47-48(43,44)46-30-32(38)29-45-35(40)27-4-2/h11-12,32-33,38H,3-10,13-31H2,1-2H3,(H,37,39)(H,41,42)(H,43,44)/b12-11+. The molecule has 0 rings (SSSR count). The quantitative estimate of drug-likeness (QED) is 0.0217. The second-order valence-electron chi connectivity index (χ2n) is 12.8. The summed E-state index contributed by atoms with van der Waals surface area (Å²) in [6, 6.07) is -1.54. The minimum Gasteiger partial charge on any atom is -0.480 e. The van der Waals surface area contributed by atoms with Crippen molar-refractivity contribution in [3.8, 4) is 0 Å². The van der Waals surface area contributed by atoms with Crippen LogP contribution in [0.15, 0.2) is 12.2 Å². The molecule has 1 amide bonds.